The summed E-state index contributed by atoms with van der Waals surface area (Å²) in [5.74, 6) is -2.92. The molecule has 0 spiro atoms. The lowest BCUT2D eigenvalue weighted by Crippen LogP contribution is -2.69. The van der Waals surface area contributed by atoms with E-state index in [1.807, 2.05) is 5.32 Å². The number of hydrogen-bond donors (Lipinski definition) is 2. The van der Waals surface area contributed by atoms with Crippen molar-refractivity contribution in [2.45, 2.75) is 25.2 Å². The van der Waals surface area contributed by atoms with Gasteiger partial charge in [-0.05, 0) is 24.1 Å². The number of nitrogens with one attached hydrogen (secondary N) is 2. The average Bonchev–Trinajstić information content (AvgIpc) is 2.62. The van der Waals surface area contributed by atoms with Gasteiger partial charge in [0, 0.05) is 6.20 Å². The number of aromatic nitrogens is 1. The Bertz CT molecular complexity index is 812. The van der Waals surface area contributed by atoms with Gasteiger partial charge in [0.25, 0.3) is 0 Å². The molecule has 0 aliphatic rings. The lowest BCUT2D eigenvalue weighted by molar-refractivity contribution is -0.206. The molecule has 0 radical (unpaired) electrons. The van der Waals surface area contributed by atoms with Crippen molar-refractivity contribution in [3.05, 3.63) is 59.8 Å². The van der Waals surface area contributed by atoms with Crippen LogP contribution in [-0.4, -0.2) is 35.8 Å². The van der Waals surface area contributed by atoms with Gasteiger partial charge in [-0.25, -0.2) is 9.78 Å². The first-order valence-electron chi connectivity index (χ1n) is 7.89. The first-order valence-corrected chi connectivity index (χ1v) is 7.89. The molecule has 1 aromatic heterocycles. The van der Waals surface area contributed by atoms with E-state index in [9.17, 15) is 22.8 Å². The molecule has 1 atom stereocenters. The van der Waals surface area contributed by atoms with E-state index >= 15 is 0 Å². The molecule has 27 heavy (non-hydrogen) atoms. The third kappa shape index (κ3) is 4.55. The standard InChI is InChI=1S/C18H18F3N3O3/c1-12-7-6-10-22-15(12)24-17(16(26)27-2,18(19,20)21)23-14(25)11-13-8-4-3-5-9-13/h3-10H,11H2,1-2H3,(H,22,24)(H,23,25)/t17-/m0/s1. The summed E-state index contributed by atoms with van der Waals surface area (Å²) in [4.78, 5) is 28.2. The zero-order valence-corrected chi connectivity index (χ0v) is 14.6. The van der Waals surface area contributed by atoms with Crippen LogP contribution in [0.15, 0.2) is 48.7 Å². The van der Waals surface area contributed by atoms with Crippen molar-refractivity contribution >= 4 is 17.7 Å². The van der Waals surface area contributed by atoms with E-state index in [4.69, 9.17) is 0 Å². The van der Waals surface area contributed by atoms with Gasteiger partial charge in [0.05, 0.1) is 13.5 Å². The van der Waals surface area contributed by atoms with Crippen LogP contribution >= 0.6 is 0 Å². The Morgan fingerprint density at radius 1 is 1.11 bits per heavy atom. The summed E-state index contributed by atoms with van der Waals surface area (Å²) in [6.07, 6.45) is -4.28. The van der Waals surface area contributed by atoms with Crippen LogP contribution in [0.3, 0.4) is 0 Å². The van der Waals surface area contributed by atoms with Gasteiger partial charge in [0.1, 0.15) is 5.82 Å². The Labute approximate surface area is 153 Å². The number of ether oxygens (including phenoxy) is 1. The van der Waals surface area contributed by atoms with Crippen LogP contribution < -0.4 is 10.6 Å². The van der Waals surface area contributed by atoms with Crippen molar-refractivity contribution in [2.24, 2.45) is 0 Å². The van der Waals surface area contributed by atoms with E-state index in [0.717, 1.165) is 7.11 Å². The van der Waals surface area contributed by atoms with Crippen LogP contribution in [0, 0.1) is 6.92 Å². The van der Waals surface area contributed by atoms with Gasteiger partial charge in [-0.2, -0.15) is 13.2 Å². The highest BCUT2D eigenvalue weighted by molar-refractivity contribution is 5.91. The fraction of sp³-hybridized carbons (Fsp3) is 0.278. The zero-order chi connectivity index (χ0) is 20.1. The molecule has 0 fully saturated rings. The molecule has 2 rings (SSSR count). The van der Waals surface area contributed by atoms with Crippen LogP contribution in [0.1, 0.15) is 11.1 Å². The maximum atomic E-state index is 13.9. The number of alkyl halides is 3. The molecule has 2 aromatic rings. The summed E-state index contributed by atoms with van der Waals surface area (Å²) < 4.78 is 46.1. The summed E-state index contributed by atoms with van der Waals surface area (Å²) in [6.45, 7) is 1.51. The summed E-state index contributed by atoms with van der Waals surface area (Å²) >= 11 is 0. The Hall–Kier alpha value is -3.10. The average molecular weight is 381 g/mol. The highest BCUT2D eigenvalue weighted by Crippen LogP contribution is 2.33. The highest BCUT2D eigenvalue weighted by Gasteiger charge is 2.63. The number of rotatable bonds is 6. The first kappa shape index (κ1) is 20.2. The first-order chi connectivity index (χ1) is 12.7. The fourth-order valence-electron chi connectivity index (χ4n) is 2.37. The molecule has 1 heterocycles. The van der Waals surface area contributed by atoms with Crippen molar-refractivity contribution in [2.75, 3.05) is 12.4 Å². The second-order valence-electron chi connectivity index (χ2n) is 5.74. The maximum absolute atomic E-state index is 13.9. The Morgan fingerprint density at radius 3 is 2.33 bits per heavy atom. The number of methoxy groups -OCH3 is 1. The minimum absolute atomic E-state index is 0.208. The predicted molar refractivity (Wildman–Crippen MR) is 91.7 cm³/mol. The highest BCUT2D eigenvalue weighted by atomic mass is 19.4. The number of anilines is 1. The topological polar surface area (TPSA) is 80.3 Å². The molecule has 144 valence electrons. The van der Waals surface area contributed by atoms with Crippen LogP contribution in [0.25, 0.3) is 0 Å². The molecule has 6 nitrogen and oxygen atoms in total. The molecular formula is C18H18F3N3O3. The molecule has 0 unspecified atom stereocenters. The minimum Gasteiger partial charge on any atom is -0.466 e. The number of halogens is 3. The molecule has 2 N–H and O–H groups in total. The van der Waals surface area contributed by atoms with E-state index in [1.54, 1.807) is 35.6 Å². The normalized spacial score (nSPS) is 13.4. The second kappa shape index (κ2) is 8.07. The molecule has 9 heteroatoms. The predicted octanol–water partition coefficient (Wildman–Crippen LogP) is 2.59. The Morgan fingerprint density at radius 2 is 1.78 bits per heavy atom. The zero-order valence-electron chi connectivity index (χ0n) is 14.6. The quantitative estimate of drug-likeness (QED) is 0.594. The lowest BCUT2D eigenvalue weighted by atomic mass is 10.1. The molecule has 0 saturated carbocycles. The molecular weight excluding hydrogens is 363 g/mol. The van der Waals surface area contributed by atoms with Crippen LogP contribution in [0.5, 0.6) is 0 Å². The molecule has 0 saturated heterocycles. The van der Waals surface area contributed by atoms with Gasteiger partial charge < -0.3 is 15.4 Å². The summed E-state index contributed by atoms with van der Waals surface area (Å²) in [7, 11) is 0.805. The lowest BCUT2D eigenvalue weighted by Gasteiger charge is -2.35. The summed E-state index contributed by atoms with van der Waals surface area (Å²) in [6, 6.07) is 11.2. The molecule has 0 aliphatic heterocycles. The number of carbonyl (C=O) groups is 2. The van der Waals surface area contributed by atoms with Gasteiger partial charge in [0.2, 0.25) is 5.91 Å². The fourth-order valence-corrected chi connectivity index (χ4v) is 2.37. The number of esters is 1. The smallest absolute Gasteiger partial charge is 0.441 e. The van der Waals surface area contributed by atoms with E-state index in [2.05, 4.69) is 9.72 Å². The van der Waals surface area contributed by atoms with Gasteiger partial charge >= 0.3 is 17.8 Å². The van der Waals surface area contributed by atoms with Crippen molar-refractivity contribution < 1.29 is 27.5 Å². The Balaban J connectivity index is 2.40. The number of hydrogen-bond acceptors (Lipinski definition) is 5. The number of nitrogens with zero attached hydrogens (tertiary/aromatic N) is 1. The van der Waals surface area contributed by atoms with Crippen molar-refractivity contribution in [3.8, 4) is 0 Å². The molecule has 0 aliphatic carbocycles. The minimum atomic E-state index is -5.20. The third-order valence-electron chi connectivity index (χ3n) is 3.77. The van der Waals surface area contributed by atoms with E-state index < -0.39 is 23.7 Å². The summed E-state index contributed by atoms with van der Waals surface area (Å²) in [5, 5.41) is 3.78. The van der Waals surface area contributed by atoms with Crippen LogP contribution in [0.4, 0.5) is 19.0 Å². The third-order valence-corrected chi connectivity index (χ3v) is 3.77. The van der Waals surface area contributed by atoms with E-state index in [0.29, 0.717) is 11.1 Å². The van der Waals surface area contributed by atoms with Gasteiger partial charge in [-0.3, -0.25) is 4.79 Å². The molecule has 1 amide bonds. The number of aryl methyl sites for hydroxylation is 1. The van der Waals surface area contributed by atoms with Crippen LogP contribution in [0.2, 0.25) is 0 Å². The maximum Gasteiger partial charge on any atom is 0.441 e. The number of pyridine rings is 1. The van der Waals surface area contributed by atoms with Gasteiger partial charge in [-0.1, -0.05) is 36.4 Å². The number of carbonyl (C=O) groups excluding carboxylic acids is 2. The van der Waals surface area contributed by atoms with Crippen molar-refractivity contribution in [3.63, 3.8) is 0 Å². The van der Waals surface area contributed by atoms with E-state index in [1.165, 1.54) is 25.3 Å². The Kier molecular flexibility index (Phi) is 6.04. The van der Waals surface area contributed by atoms with Gasteiger partial charge in [0.15, 0.2) is 0 Å². The SMILES string of the molecule is COC(=O)[C@](NC(=O)Cc1ccccc1)(Nc1ncccc1C)C(F)(F)F. The number of benzene rings is 1. The second-order valence-corrected chi connectivity index (χ2v) is 5.74. The summed E-state index contributed by atoms with van der Waals surface area (Å²) in [5.41, 5.74) is -2.63. The monoisotopic (exact) mass is 381 g/mol. The molecule has 1 aromatic carbocycles. The van der Waals surface area contributed by atoms with Crippen LogP contribution in [-0.2, 0) is 20.7 Å². The largest absolute Gasteiger partial charge is 0.466 e. The van der Waals surface area contributed by atoms with Gasteiger partial charge in [-0.15, -0.1) is 0 Å². The van der Waals surface area contributed by atoms with E-state index in [-0.39, 0.29) is 12.2 Å². The number of amides is 1. The van der Waals surface area contributed by atoms with Crippen molar-refractivity contribution in [1.82, 2.24) is 10.3 Å². The van der Waals surface area contributed by atoms with Crippen molar-refractivity contribution in [1.29, 1.82) is 0 Å². The molecule has 0 bridgehead atoms.